The van der Waals surface area contributed by atoms with E-state index < -0.39 is 31.6 Å². The number of aryl methyl sites for hydroxylation is 1. The molecule has 0 aliphatic heterocycles. The molecule has 8 heteroatoms. The third-order valence-electron chi connectivity index (χ3n) is 2.17. The van der Waals surface area contributed by atoms with Gasteiger partial charge in [0.2, 0.25) is 0 Å². The first-order valence-corrected chi connectivity index (χ1v) is 8.41. The zero-order chi connectivity index (χ0) is 14.9. The van der Waals surface area contributed by atoms with E-state index in [-0.39, 0.29) is 4.90 Å². The molecule has 0 fully saturated rings. The summed E-state index contributed by atoms with van der Waals surface area (Å²) >= 11 is 0. The van der Waals surface area contributed by atoms with E-state index in [9.17, 15) is 16.8 Å². The van der Waals surface area contributed by atoms with E-state index >= 15 is 0 Å². The molecule has 0 atom stereocenters. The van der Waals surface area contributed by atoms with Gasteiger partial charge in [-0.1, -0.05) is 17.7 Å². The highest BCUT2D eigenvalue weighted by Crippen LogP contribution is 2.21. The van der Waals surface area contributed by atoms with Crippen molar-refractivity contribution in [2.24, 2.45) is 0 Å². The van der Waals surface area contributed by atoms with Gasteiger partial charge in [-0.25, -0.2) is 0 Å². The highest BCUT2D eigenvalue weighted by atomic mass is 32.2. The predicted molar refractivity (Wildman–Crippen MR) is 69.9 cm³/mol. The second kappa shape index (κ2) is 5.20. The summed E-state index contributed by atoms with van der Waals surface area (Å²) in [5.41, 5.74) is -0.673. The zero-order valence-corrected chi connectivity index (χ0v) is 12.5. The summed E-state index contributed by atoms with van der Waals surface area (Å²) in [6.07, 6.45) is 0. The van der Waals surface area contributed by atoms with E-state index in [0.29, 0.717) is 0 Å². The van der Waals surface area contributed by atoms with Gasteiger partial charge in [0, 0.05) is 0 Å². The van der Waals surface area contributed by atoms with Gasteiger partial charge in [-0.2, -0.15) is 16.8 Å². The van der Waals surface area contributed by atoms with Crippen LogP contribution in [0.15, 0.2) is 29.2 Å². The minimum Gasteiger partial charge on any atom is -0.285 e. The molecule has 0 saturated carbocycles. The molecule has 1 aromatic carbocycles. The van der Waals surface area contributed by atoms with E-state index in [4.69, 9.17) is 8.74 Å². The van der Waals surface area contributed by atoms with Crippen molar-refractivity contribution in [2.45, 2.75) is 31.3 Å². The van der Waals surface area contributed by atoms with Gasteiger partial charge in [0.25, 0.3) is 20.2 Å². The number of benzene rings is 1. The molecule has 0 spiro atoms. The average Bonchev–Trinajstić information content (AvgIpc) is 2.11. The Bertz CT molecular complexity index is 641. The first-order chi connectivity index (χ1) is 8.41. The summed E-state index contributed by atoms with van der Waals surface area (Å²) in [5, 5.41) is 0. The van der Waals surface area contributed by atoms with E-state index in [1.807, 2.05) is 0 Å². The van der Waals surface area contributed by atoms with Crippen molar-refractivity contribution >= 4 is 20.2 Å². The van der Waals surface area contributed by atoms with Gasteiger partial charge in [-0.15, -0.1) is 0 Å². The molecule has 1 aromatic rings. The molecule has 0 heterocycles. The fraction of sp³-hybridized carbons (Fsp3) is 0.455. The van der Waals surface area contributed by atoms with Crippen LogP contribution in [0.5, 0.6) is 0 Å². The highest BCUT2D eigenvalue weighted by Gasteiger charge is 2.32. The lowest BCUT2D eigenvalue weighted by Gasteiger charge is -2.22. The number of hydrogen-bond acceptors (Lipinski definition) is 5. The smallest absolute Gasteiger partial charge is 0.285 e. The maximum atomic E-state index is 11.9. The second-order valence-corrected chi connectivity index (χ2v) is 7.84. The molecule has 0 radical (unpaired) electrons. The van der Waals surface area contributed by atoms with Crippen molar-refractivity contribution in [3.05, 3.63) is 29.8 Å². The molecule has 0 saturated heterocycles. The lowest BCUT2D eigenvalue weighted by molar-refractivity contribution is 0.140. The quantitative estimate of drug-likeness (QED) is 0.651. The van der Waals surface area contributed by atoms with Crippen LogP contribution in [0.25, 0.3) is 0 Å². The maximum absolute atomic E-state index is 11.9. The topological polar surface area (TPSA) is 97.7 Å². The fourth-order valence-electron chi connectivity index (χ4n) is 1.51. The summed E-state index contributed by atoms with van der Waals surface area (Å²) in [7, 11) is -8.42. The lowest BCUT2D eigenvalue weighted by Crippen LogP contribution is -2.35. The average molecular weight is 308 g/mol. The summed E-state index contributed by atoms with van der Waals surface area (Å²) in [4.78, 5) is -0.0680. The molecule has 1 rings (SSSR count). The number of rotatable bonds is 5. The minimum absolute atomic E-state index is 0.0680. The minimum atomic E-state index is -4.33. The Labute approximate surface area is 113 Å². The molecule has 1 N–H and O–H groups in total. The molecule has 0 unspecified atom stereocenters. The number of hydrogen-bond donors (Lipinski definition) is 1. The first-order valence-electron chi connectivity index (χ1n) is 5.39. The van der Waals surface area contributed by atoms with Gasteiger partial charge >= 0.3 is 0 Å². The third kappa shape index (κ3) is 5.27. The van der Waals surface area contributed by atoms with Gasteiger partial charge in [-0.05, 0) is 32.9 Å². The molecule has 0 aliphatic rings. The molecule has 19 heavy (non-hydrogen) atoms. The summed E-state index contributed by atoms with van der Waals surface area (Å²) in [6, 6.07) is 5.94. The molecule has 0 aromatic heterocycles. The van der Waals surface area contributed by atoms with Crippen molar-refractivity contribution in [2.75, 3.05) is 5.75 Å². The summed E-state index contributed by atoms with van der Waals surface area (Å²) in [6.45, 7) is 4.35. The Hall–Kier alpha value is -0.960. The lowest BCUT2D eigenvalue weighted by atomic mass is 10.2. The van der Waals surface area contributed by atoms with Gasteiger partial charge < -0.3 is 0 Å². The van der Waals surface area contributed by atoms with Crippen LogP contribution in [-0.4, -0.2) is 32.7 Å². The molecular formula is C11H16O6S2. The predicted octanol–water partition coefficient (Wildman–Crippen LogP) is 1.37. The normalized spacial score (nSPS) is 13.5. The Morgan fingerprint density at radius 1 is 1.11 bits per heavy atom. The Balaban J connectivity index is 3.00. The van der Waals surface area contributed by atoms with Crippen LogP contribution < -0.4 is 0 Å². The largest absolute Gasteiger partial charge is 0.297 e. The van der Waals surface area contributed by atoms with Crippen molar-refractivity contribution in [1.82, 2.24) is 0 Å². The third-order valence-corrected chi connectivity index (χ3v) is 4.76. The van der Waals surface area contributed by atoms with Gasteiger partial charge in [-0.3, -0.25) is 8.74 Å². The molecular weight excluding hydrogens is 292 g/mol. The van der Waals surface area contributed by atoms with Crippen LogP contribution >= 0.6 is 0 Å². The standard InChI is InChI=1S/C11H16O6S2/c1-9-4-6-10(7-5-9)19(15,16)17-11(2,3)8-18(12,13)14/h4-7H,8H2,1-3H3,(H,12,13,14). The van der Waals surface area contributed by atoms with Crippen LogP contribution in [0.2, 0.25) is 0 Å². The summed E-state index contributed by atoms with van der Waals surface area (Å²) in [5.74, 6) is -0.814. The van der Waals surface area contributed by atoms with Crippen molar-refractivity contribution in [1.29, 1.82) is 0 Å². The first kappa shape index (κ1) is 16.1. The van der Waals surface area contributed by atoms with Crippen LogP contribution in [0.1, 0.15) is 19.4 Å². The van der Waals surface area contributed by atoms with Crippen molar-refractivity contribution in [3.63, 3.8) is 0 Å². The fourth-order valence-corrected chi connectivity index (χ4v) is 3.74. The Kier molecular flexibility index (Phi) is 4.40. The second-order valence-electron chi connectivity index (χ2n) is 4.84. The van der Waals surface area contributed by atoms with Gasteiger partial charge in [0.1, 0.15) is 5.75 Å². The Morgan fingerprint density at radius 3 is 2.00 bits per heavy atom. The van der Waals surface area contributed by atoms with E-state index in [1.54, 1.807) is 19.1 Å². The van der Waals surface area contributed by atoms with Gasteiger partial charge in [0.15, 0.2) is 0 Å². The van der Waals surface area contributed by atoms with Crippen LogP contribution in [0.3, 0.4) is 0 Å². The van der Waals surface area contributed by atoms with Gasteiger partial charge in [0.05, 0.1) is 10.5 Å². The molecule has 0 amide bonds. The van der Waals surface area contributed by atoms with Crippen LogP contribution in [-0.2, 0) is 24.4 Å². The molecule has 0 aliphatic carbocycles. The molecule has 0 bridgehead atoms. The van der Waals surface area contributed by atoms with E-state index in [2.05, 4.69) is 0 Å². The van der Waals surface area contributed by atoms with Crippen molar-refractivity contribution in [3.8, 4) is 0 Å². The molecule has 6 nitrogen and oxygen atoms in total. The monoisotopic (exact) mass is 308 g/mol. The molecule has 108 valence electrons. The maximum Gasteiger partial charge on any atom is 0.297 e. The van der Waals surface area contributed by atoms with E-state index in [1.165, 1.54) is 26.0 Å². The zero-order valence-electron chi connectivity index (χ0n) is 10.8. The van der Waals surface area contributed by atoms with Crippen LogP contribution in [0.4, 0.5) is 0 Å². The van der Waals surface area contributed by atoms with E-state index in [0.717, 1.165) is 5.56 Å². The van der Waals surface area contributed by atoms with Crippen molar-refractivity contribution < 1.29 is 25.6 Å². The Morgan fingerprint density at radius 2 is 1.58 bits per heavy atom. The highest BCUT2D eigenvalue weighted by molar-refractivity contribution is 7.87. The summed E-state index contributed by atoms with van der Waals surface area (Å²) < 4.78 is 59.1. The van der Waals surface area contributed by atoms with Crippen LogP contribution in [0, 0.1) is 6.92 Å². The SMILES string of the molecule is Cc1ccc(S(=O)(=O)OC(C)(C)CS(=O)(=O)O)cc1.